The van der Waals surface area contributed by atoms with Gasteiger partial charge in [-0.05, 0) is 61.6 Å². The maximum Gasteiger partial charge on any atom is 0.389 e. The van der Waals surface area contributed by atoms with Crippen molar-refractivity contribution >= 4 is 0 Å². The average molecular weight is 385 g/mol. The monoisotopic (exact) mass is 384 g/mol. The first-order valence-corrected chi connectivity index (χ1v) is 10.8. The quantitative estimate of drug-likeness (QED) is 0.351. The van der Waals surface area contributed by atoms with Gasteiger partial charge < -0.3 is 4.74 Å². The molecule has 1 aliphatic rings. The van der Waals surface area contributed by atoms with Crippen molar-refractivity contribution < 1.29 is 17.9 Å². The lowest BCUT2D eigenvalue weighted by Gasteiger charge is -2.29. The van der Waals surface area contributed by atoms with Crippen molar-refractivity contribution in [3.8, 4) is 5.75 Å². The molecule has 154 valence electrons. The highest BCUT2D eigenvalue weighted by Gasteiger charge is 2.26. The molecule has 0 aliphatic heterocycles. The Labute approximate surface area is 162 Å². The van der Waals surface area contributed by atoms with Crippen LogP contribution < -0.4 is 4.74 Å². The summed E-state index contributed by atoms with van der Waals surface area (Å²) < 4.78 is 41.8. The number of benzene rings is 1. The van der Waals surface area contributed by atoms with E-state index < -0.39 is 12.6 Å². The minimum absolute atomic E-state index is 0.00765. The summed E-state index contributed by atoms with van der Waals surface area (Å²) in [5.41, 5.74) is 1.35. The van der Waals surface area contributed by atoms with E-state index in [2.05, 4.69) is 19.1 Å². The van der Waals surface area contributed by atoms with Crippen molar-refractivity contribution in [3.63, 3.8) is 0 Å². The summed E-state index contributed by atoms with van der Waals surface area (Å²) in [6.07, 6.45) is 8.52. The summed E-state index contributed by atoms with van der Waals surface area (Å²) in [6, 6.07) is 8.00. The van der Waals surface area contributed by atoms with Gasteiger partial charge >= 0.3 is 6.18 Å². The third-order valence-electron chi connectivity index (χ3n) is 5.79. The lowest BCUT2D eigenvalue weighted by atomic mass is 9.77. The molecule has 1 fully saturated rings. The van der Waals surface area contributed by atoms with Gasteiger partial charge in [0, 0.05) is 6.42 Å². The molecular weight excluding hydrogens is 349 g/mol. The molecule has 1 aliphatic carbocycles. The second kappa shape index (κ2) is 11.6. The zero-order chi connectivity index (χ0) is 19.5. The maximum absolute atomic E-state index is 12.1. The standard InChI is InChI=1S/C23H35F3O/c1-2-3-4-5-6-8-19-9-11-20(12-10-19)21-13-15-22(16-14-21)27-18-7-17-23(24,25)26/h13-16,19-20H,2-12,17-18H2,1H3. The van der Waals surface area contributed by atoms with Crippen LogP contribution in [0.4, 0.5) is 13.2 Å². The molecule has 0 saturated heterocycles. The Balaban J connectivity index is 1.64. The Hall–Kier alpha value is -1.19. The second-order valence-corrected chi connectivity index (χ2v) is 8.06. The molecule has 0 N–H and O–H groups in total. The van der Waals surface area contributed by atoms with E-state index >= 15 is 0 Å². The Morgan fingerprint density at radius 2 is 1.56 bits per heavy atom. The van der Waals surface area contributed by atoms with Crippen LogP contribution in [0.25, 0.3) is 0 Å². The van der Waals surface area contributed by atoms with Crippen molar-refractivity contribution in [1.29, 1.82) is 0 Å². The van der Waals surface area contributed by atoms with E-state index in [1.54, 1.807) is 0 Å². The highest BCUT2D eigenvalue weighted by atomic mass is 19.4. The summed E-state index contributed by atoms with van der Waals surface area (Å²) in [5.74, 6) is 2.20. The van der Waals surface area contributed by atoms with Gasteiger partial charge in [-0.3, -0.25) is 0 Å². The SMILES string of the molecule is CCCCCCCC1CCC(c2ccc(OCCCC(F)(F)F)cc2)CC1. The van der Waals surface area contributed by atoms with Crippen LogP contribution in [0.2, 0.25) is 0 Å². The number of hydrogen-bond donors (Lipinski definition) is 0. The van der Waals surface area contributed by atoms with Crippen LogP contribution in [0.3, 0.4) is 0 Å². The molecule has 1 saturated carbocycles. The Morgan fingerprint density at radius 1 is 0.889 bits per heavy atom. The van der Waals surface area contributed by atoms with Crippen LogP contribution >= 0.6 is 0 Å². The van der Waals surface area contributed by atoms with Crippen LogP contribution in [0, 0.1) is 5.92 Å². The molecule has 1 aromatic rings. The molecule has 0 spiro atoms. The van der Waals surface area contributed by atoms with Gasteiger partial charge in [0.05, 0.1) is 6.61 Å². The minimum atomic E-state index is -4.10. The molecule has 0 amide bonds. The highest BCUT2D eigenvalue weighted by molar-refractivity contribution is 5.29. The van der Waals surface area contributed by atoms with E-state index in [0.29, 0.717) is 11.7 Å². The van der Waals surface area contributed by atoms with E-state index in [-0.39, 0.29) is 13.0 Å². The van der Waals surface area contributed by atoms with Crippen LogP contribution in [0.15, 0.2) is 24.3 Å². The van der Waals surface area contributed by atoms with Gasteiger partial charge in [-0.1, -0.05) is 57.6 Å². The number of hydrogen-bond acceptors (Lipinski definition) is 1. The summed E-state index contributed by atoms with van der Waals surface area (Å²) in [4.78, 5) is 0. The summed E-state index contributed by atoms with van der Waals surface area (Å²) in [6.45, 7) is 2.37. The molecule has 1 nitrogen and oxygen atoms in total. The van der Waals surface area contributed by atoms with Gasteiger partial charge in [0.15, 0.2) is 0 Å². The van der Waals surface area contributed by atoms with Crippen molar-refractivity contribution in [1.82, 2.24) is 0 Å². The van der Waals surface area contributed by atoms with Gasteiger partial charge in [0.2, 0.25) is 0 Å². The molecule has 4 heteroatoms. The third-order valence-corrected chi connectivity index (χ3v) is 5.79. The molecule has 1 aromatic carbocycles. The number of alkyl halides is 3. The van der Waals surface area contributed by atoms with E-state index in [1.807, 2.05) is 12.1 Å². The van der Waals surface area contributed by atoms with E-state index in [9.17, 15) is 13.2 Å². The van der Waals surface area contributed by atoms with E-state index in [0.717, 1.165) is 5.92 Å². The number of ether oxygens (including phenoxy) is 1. The smallest absolute Gasteiger partial charge is 0.389 e. The minimum Gasteiger partial charge on any atom is -0.494 e. The summed E-state index contributed by atoms with van der Waals surface area (Å²) in [7, 11) is 0. The lowest BCUT2D eigenvalue weighted by molar-refractivity contribution is -0.136. The third kappa shape index (κ3) is 9.03. The Bertz CT molecular complexity index is 501. The molecule has 0 aromatic heterocycles. The average Bonchev–Trinajstić information content (AvgIpc) is 2.65. The first-order chi connectivity index (χ1) is 13.0. The molecular formula is C23H35F3O. The second-order valence-electron chi connectivity index (χ2n) is 8.06. The highest BCUT2D eigenvalue weighted by Crippen LogP contribution is 2.38. The first-order valence-electron chi connectivity index (χ1n) is 10.8. The fourth-order valence-corrected chi connectivity index (χ4v) is 4.12. The van der Waals surface area contributed by atoms with Crippen LogP contribution in [0.1, 0.15) is 95.5 Å². The predicted molar refractivity (Wildman–Crippen MR) is 105 cm³/mol. The van der Waals surface area contributed by atoms with E-state index in [4.69, 9.17) is 4.74 Å². The van der Waals surface area contributed by atoms with E-state index in [1.165, 1.54) is 69.8 Å². The molecule has 2 rings (SSSR count). The maximum atomic E-state index is 12.1. The molecule has 0 atom stereocenters. The van der Waals surface area contributed by atoms with Crippen LogP contribution in [-0.4, -0.2) is 12.8 Å². The number of unbranched alkanes of at least 4 members (excludes halogenated alkanes) is 4. The van der Waals surface area contributed by atoms with Gasteiger partial charge in [-0.15, -0.1) is 0 Å². The molecule has 0 radical (unpaired) electrons. The normalized spacial score (nSPS) is 20.6. The fourth-order valence-electron chi connectivity index (χ4n) is 4.12. The summed E-state index contributed by atoms with van der Waals surface area (Å²) in [5, 5.41) is 0. The van der Waals surface area contributed by atoms with Crippen molar-refractivity contribution in [2.45, 2.75) is 96.1 Å². The van der Waals surface area contributed by atoms with Gasteiger partial charge in [-0.2, -0.15) is 13.2 Å². The largest absolute Gasteiger partial charge is 0.494 e. The lowest BCUT2D eigenvalue weighted by Crippen LogP contribution is -2.13. The van der Waals surface area contributed by atoms with Crippen molar-refractivity contribution in [2.75, 3.05) is 6.61 Å². The van der Waals surface area contributed by atoms with Crippen molar-refractivity contribution in [3.05, 3.63) is 29.8 Å². The van der Waals surface area contributed by atoms with Gasteiger partial charge in [0.25, 0.3) is 0 Å². The molecule has 0 bridgehead atoms. The summed E-state index contributed by atoms with van der Waals surface area (Å²) >= 11 is 0. The topological polar surface area (TPSA) is 9.23 Å². The molecule has 0 unspecified atom stereocenters. The van der Waals surface area contributed by atoms with Gasteiger partial charge in [0.1, 0.15) is 5.75 Å². The Kier molecular flexibility index (Phi) is 9.50. The van der Waals surface area contributed by atoms with Crippen molar-refractivity contribution in [2.24, 2.45) is 5.92 Å². The fraction of sp³-hybridized carbons (Fsp3) is 0.739. The Morgan fingerprint density at radius 3 is 2.19 bits per heavy atom. The zero-order valence-corrected chi connectivity index (χ0v) is 16.7. The first kappa shape index (κ1) is 22.1. The molecule has 0 heterocycles. The number of halogens is 3. The predicted octanol–water partition coefficient (Wildman–Crippen LogP) is 8.04. The van der Waals surface area contributed by atoms with Gasteiger partial charge in [-0.25, -0.2) is 0 Å². The van der Waals surface area contributed by atoms with Crippen LogP contribution in [0.5, 0.6) is 5.75 Å². The zero-order valence-electron chi connectivity index (χ0n) is 16.7. The molecule has 27 heavy (non-hydrogen) atoms. The van der Waals surface area contributed by atoms with Crippen LogP contribution in [-0.2, 0) is 0 Å². The number of rotatable bonds is 11.